The van der Waals surface area contributed by atoms with E-state index in [2.05, 4.69) is 32.6 Å². The van der Waals surface area contributed by atoms with Gasteiger partial charge in [-0.1, -0.05) is 27.7 Å². The standard InChI is InChI=1S/C32H43NO5/c1-6-14-35-28-12-10-24(30(20-28)37-16-8-3)18-26-22-33(5)23-27(32(26)34)19-25-11-13-29(36-15-7-2)21-31(25)38-17-9-4/h10-13,18-21H,6-9,14-17,22-23H2,1-5H3/b26-18-,27-19-. The fraction of sp³-hybridized carbons (Fsp3) is 0.469. The van der Waals surface area contributed by atoms with Gasteiger partial charge in [-0.2, -0.15) is 0 Å². The number of piperidine rings is 1. The number of carbonyl (C=O) groups excluding carboxylic acids is 1. The maximum absolute atomic E-state index is 13.7. The molecular formula is C32H43NO5. The molecule has 2 aromatic carbocycles. The zero-order chi connectivity index (χ0) is 27.3. The zero-order valence-electron chi connectivity index (χ0n) is 23.7. The van der Waals surface area contributed by atoms with Crippen LogP contribution in [0.3, 0.4) is 0 Å². The molecule has 0 bridgehead atoms. The maximum atomic E-state index is 13.7. The maximum Gasteiger partial charge on any atom is 0.187 e. The number of rotatable bonds is 14. The first-order valence-electron chi connectivity index (χ1n) is 13.9. The predicted molar refractivity (Wildman–Crippen MR) is 154 cm³/mol. The predicted octanol–water partition coefficient (Wildman–Crippen LogP) is 6.82. The average molecular weight is 522 g/mol. The van der Waals surface area contributed by atoms with Crippen molar-refractivity contribution >= 4 is 17.9 Å². The van der Waals surface area contributed by atoms with Crippen molar-refractivity contribution in [2.24, 2.45) is 0 Å². The lowest BCUT2D eigenvalue weighted by atomic mass is 9.94. The van der Waals surface area contributed by atoms with Gasteiger partial charge in [0.05, 0.1) is 26.4 Å². The van der Waals surface area contributed by atoms with Gasteiger partial charge in [-0.25, -0.2) is 0 Å². The van der Waals surface area contributed by atoms with Crippen LogP contribution in [-0.2, 0) is 4.79 Å². The Kier molecular flexibility index (Phi) is 11.7. The highest BCUT2D eigenvalue weighted by atomic mass is 16.5. The Bertz CT molecular complexity index is 1040. The Morgan fingerprint density at radius 2 is 1.05 bits per heavy atom. The number of likely N-dealkylation sites (N-methyl/N-ethyl adjacent to an activating group) is 1. The lowest BCUT2D eigenvalue weighted by Gasteiger charge is -2.26. The van der Waals surface area contributed by atoms with Crippen molar-refractivity contribution < 1.29 is 23.7 Å². The van der Waals surface area contributed by atoms with E-state index in [9.17, 15) is 4.79 Å². The fourth-order valence-corrected chi connectivity index (χ4v) is 4.15. The molecule has 1 aliphatic rings. The first kappa shape index (κ1) is 29.3. The summed E-state index contributed by atoms with van der Waals surface area (Å²) >= 11 is 0. The van der Waals surface area contributed by atoms with Gasteiger partial charge in [-0.3, -0.25) is 9.69 Å². The topological polar surface area (TPSA) is 57.2 Å². The second-order valence-electron chi connectivity index (χ2n) is 9.63. The summed E-state index contributed by atoms with van der Waals surface area (Å²) in [6, 6.07) is 11.7. The molecule has 0 unspecified atom stereocenters. The van der Waals surface area contributed by atoms with E-state index in [-0.39, 0.29) is 5.78 Å². The van der Waals surface area contributed by atoms with Crippen LogP contribution in [0.15, 0.2) is 47.5 Å². The molecule has 0 aromatic heterocycles. The molecule has 2 aromatic rings. The van der Waals surface area contributed by atoms with Crippen molar-refractivity contribution in [2.45, 2.75) is 53.4 Å². The van der Waals surface area contributed by atoms with Gasteiger partial charge < -0.3 is 18.9 Å². The van der Waals surface area contributed by atoms with E-state index in [1.54, 1.807) is 0 Å². The van der Waals surface area contributed by atoms with Gasteiger partial charge in [0, 0.05) is 47.5 Å². The number of likely N-dealkylation sites (tertiary alicyclic amines) is 1. The summed E-state index contributed by atoms with van der Waals surface area (Å²) in [5, 5.41) is 0. The summed E-state index contributed by atoms with van der Waals surface area (Å²) in [6.45, 7) is 12.0. The molecule has 1 saturated heterocycles. The van der Waals surface area contributed by atoms with Gasteiger partial charge in [-0.15, -0.1) is 0 Å². The molecule has 3 rings (SSSR count). The van der Waals surface area contributed by atoms with Crippen molar-refractivity contribution in [3.05, 3.63) is 58.7 Å². The zero-order valence-corrected chi connectivity index (χ0v) is 23.7. The molecule has 0 amide bonds. The molecule has 0 atom stereocenters. The number of Topliss-reactive ketones (excluding diaryl/α,β-unsaturated/α-hetero) is 1. The van der Waals surface area contributed by atoms with E-state index in [0.29, 0.717) is 39.5 Å². The Balaban J connectivity index is 1.93. The van der Waals surface area contributed by atoms with Gasteiger partial charge in [0.25, 0.3) is 0 Å². The minimum absolute atomic E-state index is 0.0450. The number of carbonyl (C=O) groups is 1. The van der Waals surface area contributed by atoms with Crippen LogP contribution in [0.4, 0.5) is 0 Å². The van der Waals surface area contributed by atoms with Crippen LogP contribution in [0.5, 0.6) is 23.0 Å². The third-order valence-corrected chi connectivity index (χ3v) is 5.96. The Morgan fingerprint density at radius 3 is 1.45 bits per heavy atom. The Hall–Kier alpha value is -3.25. The highest BCUT2D eigenvalue weighted by Crippen LogP contribution is 2.31. The molecule has 1 aliphatic heterocycles. The average Bonchev–Trinajstić information content (AvgIpc) is 2.92. The van der Waals surface area contributed by atoms with Crippen LogP contribution in [0.2, 0.25) is 0 Å². The van der Waals surface area contributed by atoms with E-state index in [4.69, 9.17) is 18.9 Å². The lowest BCUT2D eigenvalue weighted by Crippen LogP contribution is -2.34. The molecular weight excluding hydrogens is 478 g/mol. The van der Waals surface area contributed by atoms with Crippen LogP contribution in [0.25, 0.3) is 12.2 Å². The van der Waals surface area contributed by atoms with Gasteiger partial charge in [0.15, 0.2) is 5.78 Å². The van der Waals surface area contributed by atoms with E-state index < -0.39 is 0 Å². The van der Waals surface area contributed by atoms with Crippen molar-refractivity contribution in [3.63, 3.8) is 0 Å². The highest BCUT2D eigenvalue weighted by Gasteiger charge is 2.25. The minimum Gasteiger partial charge on any atom is -0.493 e. The van der Waals surface area contributed by atoms with Gasteiger partial charge in [0.1, 0.15) is 23.0 Å². The highest BCUT2D eigenvalue weighted by molar-refractivity contribution is 6.14. The number of benzene rings is 2. The molecule has 0 N–H and O–H groups in total. The molecule has 6 heteroatoms. The SMILES string of the molecule is CCCOc1ccc(/C=C2/CN(C)C/C(=C/c3ccc(OCCC)cc3OCCC)C2=O)c(OCCC)c1. The molecule has 1 fully saturated rings. The molecule has 0 aliphatic carbocycles. The van der Waals surface area contributed by atoms with E-state index in [1.807, 2.05) is 55.6 Å². The summed E-state index contributed by atoms with van der Waals surface area (Å²) in [4.78, 5) is 15.8. The summed E-state index contributed by atoms with van der Waals surface area (Å²) < 4.78 is 23.7. The number of hydrogen-bond donors (Lipinski definition) is 0. The number of hydrogen-bond acceptors (Lipinski definition) is 6. The van der Waals surface area contributed by atoms with Crippen molar-refractivity contribution in [1.82, 2.24) is 4.90 Å². The lowest BCUT2D eigenvalue weighted by molar-refractivity contribution is -0.113. The fourth-order valence-electron chi connectivity index (χ4n) is 4.15. The van der Waals surface area contributed by atoms with E-state index in [0.717, 1.165) is 71.0 Å². The monoisotopic (exact) mass is 521 g/mol. The third-order valence-electron chi connectivity index (χ3n) is 5.96. The smallest absolute Gasteiger partial charge is 0.187 e. The summed E-state index contributed by atoms with van der Waals surface area (Å²) in [6.07, 6.45) is 7.58. The molecule has 0 spiro atoms. The van der Waals surface area contributed by atoms with E-state index in [1.165, 1.54) is 0 Å². The summed E-state index contributed by atoms with van der Waals surface area (Å²) in [5.74, 6) is 3.07. The normalized spacial score (nSPS) is 16.2. The van der Waals surface area contributed by atoms with Crippen LogP contribution in [0.1, 0.15) is 64.5 Å². The second kappa shape index (κ2) is 15.2. The Morgan fingerprint density at radius 1 is 0.658 bits per heavy atom. The van der Waals surface area contributed by atoms with Crippen molar-refractivity contribution in [1.29, 1.82) is 0 Å². The quantitative estimate of drug-likeness (QED) is 0.254. The largest absolute Gasteiger partial charge is 0.493 e. The number of ether oxygens (including phenoxy) is 4. The van der Waals surface area contributed by atoms with Gasteiger partial charge in [0.2, 0.25) is 0 Å². The first-order chi connectivity index (χ1) is 18.5. The van der Waals surface area contributed by atoms with Crippen molar-refractivity contribution in [3.8, 4) is 23.0 Å². The van der Waals surface area contributed by atoms with E-state index >= 15 is 0 Å². The van der Waals surface area contributed by atoms with Crippen molar-refractivity contribution in [2.75, 3.05) is 46.6 Å². The van der Waals surface area contributed by atoms with Crippen LogP contribution >= 0.6 is 0 Å². The summed E-state index contributed by atoms with van der Waals surface area (Å²) in [7, 11) is 2.03. The second-order valence-corrected chi connectivity index (χ2v) is 9.63. The van der Waals surface area contributed by atoms with Gasteiger partial charge >= 0.3 is 0 Å². The van der Waals surface area contributed by atoms with Crippen LogP contribution in [0, 0.1) is 0 Å². The number of nitrogens with zero attached hydrogens (tertiary/aromatic N) is 1. The molecule has 206 valence electrons. The summed E-state index contributed by atoms with van der Waals surface area (Å²) in [5.41, 5.74) is 3.22. The molecule has 1 heterocycles. The molecule has 0 radical (unpaired) electrons. The molecule has 38 heavy (non-hydrogen) atoms. The van der Waals surface area contributed by atoms with Gasteiger partial charge in [-0.05, 0) is 69.1 Å². The first-order valence-corrected chi connectivity index (χ1v) is 13.9. The Labute approximate surface area is 228 Å². The van der Waals surface area contributed by atoms with Crippen LogP contribution in [-0.4, -0.2) is 57.2 Å². The van der Waals surface area contributed by atoms with Crippen LogP contribution < -0.4 is 18.9 Å². The third kappa shape index (κ3) is 8.38. The number of ketones is 1. The minimum atomic E-state index is 0.0450. The molecule has 6 nitrogen and oxygen atoms in total. The molecule has 0 saturated carbocycles.